The molecular formula is C28H33N3O4. The highest BCUT2D eigenvalue weighted by molar-refractivity contribution is 6.00. The fourth-order valence-corrected chi connectivity index (χ4v) is 4.77. The molecule has 1 aromatic heterocycles. The van der Waals surface area contributed by atoms with Gasteiger partial charge in [0.05, 0.1) is 13.2 Å². The Bertz CT molecular complexity index is 1250. The van der Waals surface area contributed by atoms with Crippen LogP contribution in [0.2, 0.25) is 0 Å². The lowest BCUT2D eigenvalue weighted by Crippen LogP contribution is -2.30. The third-order valence-electron chi connectivity index (χ3n) is 6.43. The predicted octanol–water partition coefficient (Wildman–Crippen LogP) is 5.71. The van der Waals surface area contributed by atoms with Crippen molar-refractivity contribution in [1.82, 2.24) is 15.1 Å². The number of aryl methyl sites for hydroxylation is 2. The molecule has 1 amide bonds. The number of ether oxygens (including phenoxy) is 2. The molecule has 0 saturated heterocycles. The summed E-state index contributed by atoms with van der Waals surface area (Å²) in [5.74, 6) is 1.27. The Morgan fingerprint density at radius 2 is 2.00 bits per heavy atom. The molecule has 0 aliphatic carbocycles. The number of carbonyl (C=O) groups is 1. The summed E-state index contributed by atoms with van der Waals surface area (Å²) in [6.45, 7) is 10.7. The normalized spacial score (nSPS) is 14.8. The number of aromatic amines is 1. The first-order valence-corrected chi connectivity index (χ1v) is 12.0. The van der Waals surface area contributed by atoms with Gasteiger partial charge in [0.15, 0.2) is 11.5 Å². The number of methoxy groups -OCH3 is 1. The second-order valence-corrected chi connectivity index (χ2v) is 8.96. The number of phenols is 1. The van der Waals surface area contributed by atoms with Crippen LogP contribution in [0.1, 0.15) is 65.0 Å². The Hall–Kier alpha value is -3.74. The molecule has 3 aromatic rings. The molecule has 1 aliphatic rings. The van der Waals surface area contributed by atoms with Gasteiger partial charge in [-0.25, -0.2) is 0 Å². The molecule has 2 N–H and O–H groups in total. The summed E-state index contributed by atoms with van der Waals surface area (Å²) in [4.78, 5) is 15.4. The van der Waals surface area contributed by atoms with Crippen molar-refractivity contribution in [2.24, 2.45) is 0 Å². The molecule has 184 valence electrons. The van der Waals surface area contributed by atoms with E-state index < -0.39 is 0 Å². The topological polar surface area (TPSA) is 87.7 Å². The number of amides is 1. The molecule has 4 rings (SSSR count). The number of rotatable bonds is 10. The molecule has 0 bridgehead atoms. The van der Waals surface area contributed by atoms with E-state index in [9.17, 15) is 9.90 Å². The van der Waals surface area contributed by atoms with E-state index in [1.165, 1.54) is 0 Å². The van der Waals surface area contributed by atoms with Gasteiger partial charge in [-0.3, -0.25) is 9.89 Å². The monoisotopic (exact) mass is 475 g/mol. The van der Waals surface area contributed by atoms with Gasteiger partial charge in [0.2, 0.25) is 0 Å². The van der Waals surface area contributed by atoms with Crippen LogP contribution >= 0.6 is 0 Å². The van der Waals surface area contributed by atoms with Crippen LogP contribution in [-0.4, -0.2) is 46.4 Å². The number of carbonyl (C=O) groups excluding carboxylic acids is 1. The lowest BCUT2D eigenvalue weighted by atomic mass is 9.93. The number of phenolic OH excluding ortho intramolecular Hbond substituents is 1. The molecule has 2 aromatic carbocycles. The lowest BCUT2D eigenvalue weighted by molar-refractivity contribution is 0.0740. The molecule has 0 fully saturated rings. The van der Waals surface area contributed by atoms with Crippen LogP contribution in [0, 0.1) is 13.8 Å². The second-order valence-electron chi connectivity index (χ2n) is 8.96. The predicted molar refractivity (Wildman–Crippen MR) is 136 cm³/mol. The Morgan fingerprint density at radius 1 is 1.20 bits per heavy atom. The van der Waals surface area contributed by atoms with Crippen molar-refractivity contribution in [3.63, 3.8) is 0 Å². The summed E-state index contributed by atoms with van der Waals surface area (Å²) in [6.07, 6.45) is 4.67. The van der Waals surface area contributed by atoms with E-state index in [4.69, 9.17) is 9.47 Å². The van der Waals surface area contributed by atoms with E-state index in [2.05, 4.69) is 23.7 Å². The van der Waals surface area contributed by atoms with Gasteiger partial charge >= 0.3 is 0 Å². The van der Waals surface area contributed by atoms with E-state index in [-0.39, 0.29) is 17.7 Å². The van der Waals surface area contributed by atoms with Crippen LogP contribution in [0.25, 0.3) is 11.3 Å². The molecule has 1 aliphatic heterocycles. The quantitative estimate of drug-likeness (QED) is 0.290. The summed E-state index contributed by atoms with van der Waals surface area (Å²) in [7, 11) is 1.60. The Morgan fingerprint density at radius 3 is 2.71 bits per heavy atom. The van der Waals surface area contributed by atoms with E-state index in [1.807, 2.05) is 49.1 Å². The van der Waals surface area contributed by atoms with E-state index in [0.29, 0.717) is 41.6 Å². The molecule has 35 heavy (non-hydrogen) atoms. The maximum Gasteiger partial charge on any atom is 0.273 e. The Kier molecular flexibility index (Phi) is 7.15. The van der Waals surface area contributed by atoms with Crippen molar-refractivity contribution in [1.29, 1.82) is 0 Å². The number of nitrogens with zero attached hydrogens (tertiary/aromatic N) is 2. The summed E-state index contributed by atoms with van der Waals surface area (Å²) >= 11 is 0. The number of nitrogens with one attached hydrogen (secondary N) is 1. The number of hydrogen-bond acceptors (Lipinski definition) is 5. The second kappa shape index (κ2) is 10.3. The number of fused-ring (bicyclic) bond motifs is 1. The van der Waals surface area contributed by atoms with Gasteiger partial charge in [-0.2, -0.15) is 5.10 Å². The molecule has 0 spiro atoms. The Balaban J connectivity index is 1.86. The number of unbranched alkanes of at least 4 members (excludes halogenated alkanes) is 2. The van der Waals surface area contributed by atoms with Gasteiger partial charge in [-0.05, 0) is 55.2 Å². The summed E-state index contributed by atoms with van der Waals surface area (Å²) in [5.41, 5.74) is 5.11. The third-order valence-corrected chi connectivity index (χ3v) is 6.43. The van der Waals surface area contributed by atoms with Gasteiger partial charge in [0.25, 0.3) is 5.91 Å². The van der Waals surface area contributed by atoms with Gasteiger partial charge in [0, 0.05) is 17.7 Å². The van der Waals surface area contributed by atoms with Crippen LogP contribution < -0.4 is 9.47 Å². The first kappa shape index (κ1) is 24.4. The lowest BCUT2D eigenvalue weighted by Gasteiger charge is -2.27. The van der Waals surface area contributed by atoms with Gasteiger partial charge in [0.1, 0.15) is 23.7 Å². The number of hydrogen-bond donors (Lipinski definition) is 2. The fraction of sp³-hybridized carbons (Fsp3) is 0.357. The van der Waals surface area contributed by atoms with Crippen molar-refractivity contribution in [2.45, 2.75) is 46.1 Å². The molecule has 7 nitrogen and oxygen atoms in total. The van der Waals surface area contributed by atoms with E-state index in [1.54, 1.807) is 13.2 Å². The zero-order chi connectivity index (χ0) is 25.1. The zero-order valence-corrected chi connectivity index (χ0v) is 20.9. The highest BCUT2D eigenvalue weighted by Gasteiger charge is 2.42. The van der Waals surface area contributed by atoms with Gasteiger partial charge in [-0.1, -0.05) is 44.6 Å². The van der Waals surface area contributed by atoms with Crippen LogP contribution in [0.5, 0.6) is 17.2 Å². The van der Waals surface area contributed by atoms with Crippen molar-refractivity contribution < 1.29 is 19.4 Å². The van der Waals surface area contributed by atoms with Crippen LogP contribution in [0.3, 0.4) is 0 Å². The summed E-state index contributed by atoms with van der Waals surface area (Å²) < 4.78 is 11.3. The number of aromatic hydroxyl groups is 1. The van der Waals surface area contributed by atoms with Crippen molar-refractivity contribution in [3.8, 4) is 28.5 Å². The zero-order valence-electron chi connectivity index (χ0n) is 20.9. The molecule has 0 radical (unpaired) electrons. The molecule has 1 unspecified atom stereocenters. The first-order valence-electron chi connectivity index (χ1n) is 12.0. The molecule has 1 atom stereocenters. The van der Waals surface area contributed by atoms with Gasteiger partial charge in [-0.15, -0.1) is 0 Å². The molecule has 0 saturated carbocycles. The molecule has 7 heteroatoms. The number of aromatic nitrogens is 2. The minimum absolute atomic E-state index is 0.0883. The average molecular weight is 476 g/mol. The minimum atomic E-state index is -0.370. The van der Waals surface area contributed by atoms with Crippen molar-refractivity contribution in [2.75, 3.05) is 20.3 Å². The highest BCUT2D eigenvalue weighted by Crippen LogP contribution is 2.46. The van der Waals surface area contributed by atoms with E-state index >= 15 is 0 Å². The largest absolute Gasteiger partial charge is 0.507 e. The van der Waals surface area contributed by atoms with Crippen molar-refractivity contribution in [3.05, 3.63) is 70.9 Å². The number of benzene rings is 2. The summed E-state index contributed by atoms with van der Waals surface area (Å²) in [6, 6.07) is 9.20. The SMILES string of the molecule is C=CCOc1ccc(C2c3c(-c4cc(C)cc(C)c4O)n[nH]c3C(=O)N2CCCCC)cc1OC. The maximum absolute atomic E-state index is 13.5. The summed E-state index contributed by atoms with van der Waals surface area (Å²) in [5, 5.41) is 18.4. The standard InChI is InChI=1S/C28H33N3O4/c1-6-8-9-12-31-26(19-10-11-21(35-13-7-2)22(16-19)34-5)23-24(29-30-25(23)28(31)33)20-15-17(3)14-18(4)27(20)32/h7,10-11,14-16,26,32H,2,6,8-9,12-13H2,1,3-5H3,(H,29,30). The Labute approximate surface area is 206 Å². The van der Waals surface area contributed by atoms with Crippen molar-refractivity contribution >= 4 is 5.91 Å². The smallest absolute Gasteiger partial charge is 0.273 e. The number of H-pyrrole nitrogens is 1. The van der Waals surface area contributed by atoms with Crippen LogP contribution in [0.4, 0.5) is 0 Å². The first-order chi connectivity index (χ1) is 16.9. The fourth-order valence-electron chi connectivity index (χ4n) is 4.77. The maximum atomic E-state index is 13.5. The van der Waals surface area contributed by atoms with Crippen LogP contribution in [0.15, 0.2) is 43.0 Å². The van der Waals surface area contributed by atoms with E-state index in [0.717, 1.165) is 41.5 Å². The van der Waals surface area contributed by atoms with Gasteiger partial charge < -0.3 is 19.5 Å². The highest BCUT2D eigenvalue weighted by atomic mass is 16.5. The average Bonchev–Trinajstić information content (AvgIpc) is 3.39. The minimum Gasteiger partial charge on any atom is -0.507 e. The molecular weight excluding hydrogens is 442 g/mol. The van der Waals surface area contributed by atoms with Crippen LogP contribution in [-0.2, 0) is 0 Å². The third kappa shape index (κ3) is 4.50. The molecule has 2 heterocycles.